The van der Waals surface area contributed by atoms with Gasteiger partial charge in [0.1, 0.15) is 6.10 Å². The van der Waals surface area contributed by atoms with Crippen molar-refractivity contribution in [2.45, 2.75) is 40.7 Å². The molecule has 0 saturated heterocycles. The van der Waals surface area contributed by atoms with Crippen molar-refractivity contribution in [1.29, 1.82) is 0 Å². The molecule has 0 aliphatic heterocycles. The molecule has 0 radical (unpaired) electrons. The number of aromatic nitrogens is 1. The van der Waals surface area contributed by atoms with Crippen LogP contribution in [-0.4, -0.2) is 23.5 Å². The van der Waals surface area contributed by atoms with Gasteiger partial charge in [0.25, 0.3) is 0 Å². The van der Waals surface area contributed by atoms with Gasteiger partial charge < -0.3 is 4.74 Å². The van der Waals surface area contributed by atoms with E-state index in [0.29, 0.717) is 12.2 Å². The SMILES string of the molecule is CCOC(C(=O)c1cncc(C)c1)C(C)(C)C. The van der Waals surface area contributed by atoms with Gasteiger partial charge in [-0.15, -0.1) is 0 Å². The fourth-order valence-electron chi connectivity index (χ4n) is 1.73. The van der Waals surface area contributed by atoms with Crippen molar-refractivity contribution < 1.29 is 9.53 Å². The predicted molar refractivity (Wildman–Crippen MR) is 68.2 cm³/mol. The van der Waals surface area contributed by atoms with E-state index in [0.717, 1.165) is 5.56 Å². The highest BCUT2D eigenvalue weighted by Gasteiger charge is 2.32. The first kappa shape index (κ1) is 13.8. The maximum absolute atomic E-state index is 12.4. The Kier molecular flexibility index (Phi) is 4.40. The van der Waals surface area contributed by atoms with Gasteiger partial charge >= 0.3 is 0 Å². The lowest BCUT2D eigenvalue weighted by Crippen LogP contribution is -2.37. The highest BCUT2D eigenvalue weighted by Crippen LogP contribution is 2.25. The van der Waals surface area contributed by atoms with Gasteiger partial charge in [-0.2, -0.15) is 0 Å². The van der Waals surface area contributed by atoms with E-state index in [-0.39, 0.29) is 11.2 Å². The van der Waals surface area contributed by atoms with Gasteiger partial charge in [0.15, 0.2) is 5.78 Å². The third-order valence-corrected chi connectivity index (χ3v) is 2.52. The number of aryl methyl sites for hydroxylation is 1. The zero-order valence-electron chi connectivity index (χ0n) is 11.3. The third kappa shape index (κ3) is 3.63. The molecule has 3 heteroatoms. The largest absolute Gasteiger partial charge is 0.370 e. The smallest absolute Gasteiger partial charge is 0.193 e. The summed E-state index contributed by atoms with van der Waals surface area (Å²) in [6, 6.07) is 1.85. The molecule has 0 aromatic carbocycles. The zero-order valence-corrected chi connectivity index (χ0v) is 11.3. The first-order valence-electron chi connectivity index (χ1n) is 5.93. The van der Waals surface area contributed by atoms with Crippen molar-refractivity contribution in [3.8, 4) is 0 Å². The first-order valence-corrected chi connectivity index (χ1v) is 5.93. The number of ketones is 1. The molecule has 0 amide bonds. The molecule has 1 aromatic rings. The standard InChI is InChI=1S/C14H21NO2/c1-6-17-13(14(3,4)5)12(16)11-7-10(2)8-15-9-11/h7-9,13H,6H2,1-5H3. The van der Waals surface area contributed by atoms with E-state index in [2.05, 4.69) is 4.98 Å². The second-order valence-corrected chi connectivity index (χ2v) is 5.32. The first-order chi connectivity index (χ1) is 7.86. The normalized spacial score (nSPS) is 13.5. The van der Waals surface area contributed by atoms with Crippen LogP contribution >= 0.6 is 0 Å². The fourth-order valence-corrected chi connectivity index (χ4v) is 1.73. The van der Waals surface area contributed by atoms with Crippen molar-refractivity contribution in [1.82, 2.24) is 4.98 Å². The van der Waals surface area contributed by atoms with E-state index in [9.17, 15) is 4.79 Å². The summed E-state index contributed by atoms with van der Waals surface area (Å²) >= 11 is 0. The number of rotatable bonds is 4. The van der Waals surface area contributed by atoms with Crippen LogP contribution in [0.25, 0.3) is 0 Å². The third-order valence-electron chi connectivity index (χ3n) is 2.52. The molecule has 0 fully saturated rings. The Morgan fingerprint density at radius 1 is 1.41 bits per heavy atom. The summed E-state index contributed by atoms with van der Waals surface area (Å²) in [6.07, 6.45) is 2.92. The molecule has 3 nitrogen and oxygen atoms in total. The molecule has 1 heterocycles. The highest BCUT2D eigenvalue weighted by molar-refractivity contribution is 5.99. The fraction of sp³-hybridized carbons (Fsp3) is 0.571. The van der Waals surface area contributed by atoms with Gasteiger partial charge in [-0.1, -0.05) is 20.8 Å². The number of pyridine rings is 1. The van der Waals surface area contributed by atoms with Gasteiger partial charge in [-0.05, 0) is 30.9 Å². The van der Waals surface area contributed by atoms with Crippen LogP contribution in [0.5, 0.6) is 0 Å². The minimum absolute atomic E-state index is 0.00977. The predicted octanol–water partition coefficient (Wildman–Crippen LogP) is 3.02. The van der Waals surface area contributed by atoms with E-state index in [1.54, 1.807) is 12.4 Å². The Morgan fingerprint density at radius 3 is 2.53 bits per heavy atom. The van der Waals surface area contributed by atoms with Crippen LogP contribution < -0.4 is 0 Å². The van der Waals surface area contributed by atoms with Gasteiger partial charge in [-0.25, -0.2) is 0 Å². The van der Waals surface area contributed by atoms with Gasteiger partial charge in [-0.3, -0.25) is 9.78 Å². The molecule has 17 heavy (non-hydrogen) atoms. The number of carbonyl (C=O) groups excluding carboxylic acids is 1. The lowest BCUT2D eigenvalue weighted by atomic mass is 9.84. The Labute approximate surface area is 103 Å². The molecule has 0 bridgehead atoms. The second kappa shape index (κ2) is 5.41. The molecule has 0 saturated carbocycles. The molecule has 1 rings (SSSR count). The van der Waals surface area contributed by atoms with E-state index < -0.39 is 6.10 Å². The second-order valence-electron chi connectivity index (χ2n) is 5.32. The minimum Gasteiger partial charge on any atom is -0.370 e. The number of nitrogens with zero attached hydrogens (tertiary/aromatic N) is 1. The average molecular weight is 235 g/mol. The molecule has 0 spiro atoms. The number of carbonyl (C=O) groups is 1. The lowest BCUT2D eigenvalue weighted by Gasteiger charge is -2.29. The number of ether oxygens (including phenoxy) is 1. The van der Waals surface area contributed by atoms with Crippen LogP contribution in [-0.2, 0) is 4.74 Å². The summed E-state index contributed by atoms with van der Waals surface area (Å²) < 4.78 is 5.59. The summed E-state index contributed by atoms with van der Waals surface area (Å²) in [7, 11) is 0. The highest BCUT2D eigenvalue weighted by atomic mass is 16.5. The molecule has 0 N–H and O–H groups in total. The van der Waals surface area contributed by atoms with E-state index in [1.807, 2.05) is 40.7 Å². The van der Waals surface area contributed by atoms with Gasteiger partial charge in [0.2, 0.25) is 0 Å². The van der Waals surface area contributed by atoms with Gasteiger partial charge in [0, 0.05) is 24.6 Å². The maximum atomic E-state index is 12.4. The molecular weight excluding hydrogens is 214 g/mol. The van der Waals surface area contributed by atoms with Gasteiger partial charge in [0.05, 0.1) is 0 Å². The summed E-state index contributed by atoms with van der Waals surface area (Å²) in [5.41, 5.74) is 1.40. The number of hydrogen-bond acceptors (Lipinski definition) is 3. The molecule has 1 unspecified atom stereocenters. The van der Waals surface area contributed by atoms with Crippen LogP contribution in [0.3, 0.4) is 0 Å². The van der Waals surface area contributed by atoms with Crippen LogP contribution in [0.4, 0.5) is 0 Å². The minimum atomic E-state index is -0.420. The van der Waals surface area contributed by atoms with Crippen LogP contribution in [0.2, 0.25) is 0 Å². The molecule has 1 aromatic heterocycles. The quantitative estimate of drug-likeness (QED) is 0.753. The van der Waals surface area contributed by atoms with Crippen molar-refractivity contribution in [3.63, 3.8) is 0 Å². The lowest BCUT2D eigenvalue weighted by molar-refractivity contribution is -0.000249. The Hall–Kier alpha value is -1.22. The van der Waals surface area contributed by atoms with E-state index in [1.165, 1.54) is 0 Å². The summed E-state index contributed by atoms with van der Waals surface area (Å²) in [4.78, 5) is 16.4. The van der Waals surface area contributed by atoms with Crippen molar-refractivity contribution in [2.75, 3.05) is 6.61 Å². The monoisotopic (exact) mass is 235 g/mol. The Morgan fingerprint density at radius 2 is 2.06 bits per heavy atom. The zero-order chi connectivity index (χ0) is 13.1. The van der Waals surface area contributed by atoms with Crippen molar-refractivity contribution in [3.05, 3.63) is 29.6 Å². The van der Waals surface area contributed by atoms with Crippen LogP contribution in [0.1, 0.15) is 43.6 Å². The van der Waals surface area contributed by atoms with Crippen molar-refractivity contribution >= 4 is 5.78 Å². The molecule has 0 aliphatic carbocycles. The van der Waals surface area contributed by atoms with Crippen LogP contribution in [0, 0.1) is 12.3 Å². The maximum Gasteiger partial charge on any atom is 0.193 e. The molecule has 94 valence electrons. The average Bonchev–Trinajstić information content (AvgIpc) is 2.23. The summed E-state index contributed by atoms with van der Waals surface area (Å²) in [5, 5.41) is 0. The topological polar surface area (TPSA) is 39.2 Å². The molecular formula is C14H21NO2. The molecule has 0 aliphatic rings. The Bertz CT molecular complexity index is 393. The molecule has 1 atom stereocenters. The van der Waals surface area contributed by atoms with Crippen LogP contribution in [0.15, 0.2) is 18.5 Å². The Balaban J connectivity index is 3.00. The summed E-state index contributed by atoms with van der Waals surface area (Å²) in [5.74, 6) is 0.00977. The van der Waals surface area contributed by atoms with E-state index >= 15 is 0 Å². The van der Waals surface area contributed by atoms with Crippen molar-refractivity contribution in [2.24, 2.45) is 5.41 Å². The number of hydrogen-bond donors (Lipinski definition) is 0. The van der Waals surface area contributed by atoms with E-state index in [4.69, 9.17) is 4.74 Å². The number of Topliss-reactive ketones (excluding diaryl/α,β-unsaturated/α-hetero) is 1. The summed E-state index contributed by atoms with van der Waals surface area (Å²) in [6.45, 7) is 10.4.